The van der Waals surface area contributed by atoms with E-state index in [4.69, 9.17) is 4.74 Å². The van der Waals surface area contributed by atoms with E-state index in [0.717, 1.165) is 5.56 Å². The fourth-order valence-electron chi connectivity index (χ4n) is 2.06. The largest absolute Gasteiger partial charge is 0.497 e. The number of pyridine rings is 1. The molecule has 6 heteroatoms. The first kappa shape index (κ1) is 14.4. The van der Waals surface area contributed by atoms with Crippen molar-refractivity contribution >= 4 is 12.6 Å². The van der Waals surface area contributed by atoms with Crippen molar-refractivity contribution in [2.24, 2.45) is 0 Å². The molecule has 20 heavy (non-hydrogen) atoms. The molecule has 2 N–H and O–H groups in total. The standard InChI is InChI=1S/C14H16BNO4/c1-10-4-3-7-16(14(10)17)9-11-5-6-13(20-2)12(8-11)15(18)19/h3-8,18-19H,9H2,1-2H3. The van der Waals surface area contributed by atoms with E-state index >= 15 is 0 Å². The fraction of sp³-hybridized carbons (Fsp3) is 0.214. The monoisotopic (exact) mass is 273 g/mol. The Balaban J connectivity index is 2.37. The van der Waals surface area contributed by atoms with E-state index in [1.807, 2.05) is 6.07 Å². The molecule has 0 bridgehead atoms. The second kappa shape index (κ2) is 5.94. The van der Waals surface area contributed by atoms with Crippen LogP contribution in [0.25, 0.3) is 0 Å². The Hall–Kier alpha value is -2.05. The molecule has 104 valence electrons. The second-order valence-electron chi connectivity index (χ2n) is 4.57. The number of aryl methyl sites for hydroxylation is 1. The number of hydrogen-bond acceptors (Lipinski definition) is 4. The van der Waals surface area contributed by atoms with Crippen LogP contribution in [-0.2, 0) is 6.54 Å². The Morgan fingerprint density at radius 1 is 1.30 bits per heavy atom. The highest BCUT2D eigenvalue weighted by molar-refractivity contribution is 6.59. The fourth-order valence-corrected chi connectivity index (χ4v) is 2.06. The van der Waals surface area contributed by atoms with Gasteiger partial charge in [-0.25, -0.2) is 0 Å². The Morgan fingerprint density at radius 2 is 2.05 bits per heavy atom. The minimum atomic E-state index is -1.61. The summed E-state index contributed by atoms with van der Waals surface area (Å²) in [7, 11) is -0.148. The van der Waals surface area contributed by atoms with Crippen molar-refractivity contribution < 1.29 is 14.8 Å². The van der Waals surface area contributed by atoms with Gasteiger partial charge in [0.2, 0.25) is 0 Å². The zero-order valence-electron chi connectivity index (χ0n) is 11.4. The average Bonchev–Trinajstić information content (AvgIpc) is 2.43. The molecule has 5 nitrogen and oxygen atoms in total. The van der Waals surface area contributed by atoms with Gasteiger partial charge in [0.05, 0.1) is 13.7 Å². The predicted molar refractivity (Wildman–Crippen MR) is 77.4 cm³/mol. The van der Waals surface area contributed by atoms with Gasteiger partial charge in [0, 0.05) is 17.2 Å². The lowest BCUT2D eigenvalue weighted by Crippen LogP contribution is -2.32. The van der Waals surface area contributed by atoms with Crippen LogP contribution in [0.5, 0.6) is 5.75 Å². The Morgan fingerprint density at radius 3 is 2.70 bits per heavy atom. The maximum absolute atomic E-state index is 12.0. The van der Waals surface area contributed by atoms with Crippen LogP contribution in [0.3, 0.4) is 0 Å². The lowest BCUT2D eigenvalue weighted by molar-refractivity contribution is 0.403. The van der Waals surface area contributed by atoms with Gasteiger partial charge in [0.15, 0.2) is 0 Å². The number of rotatable bonds is 4. The van der Waals surface area contributed by atoms with Crippen LogP contribution in [0.15, 0.2) is 41.3 Å². The van der Waals surface area contributed by atoms with Crippen LogP contribution in [-0.4, -0.2) is 28.8 Å². The summed E-state index contributed by atoms with van der Waals surface area (Å²) in [5, 5.41) is 18.7. The molecule has 0 aliphatic carbocycles. The number of aromatic nitrogens is 1. The van der Waals surface area contributed by atoms with Gasteiger partial charge in [0.1, 0.15) is 5.75 Å². The topological polar surface area (TPSA) is 71.7 Å². The smallest absolute Gasteiger partial charge is 0.492 e. The van der Waals surface area contributed by atoms with Gasteiger partial charge in [-0.15, -0.1) is 0 Å². The van der Waals surface area contributed by atoms with Gasteiger partial charge in [-0.1, -0.05) is 18.2 Å². The minimum Gasteiger partial charge on any atom is -0.497 e. The quantitative estimate of drug-likeness (QED) is 0.763. The molecule has 0 amide bonds. The summed E-state index contributed by atoms with van der Waals surface area (Å²) in [6.45, 7) is 2.12. The zero-order chi connectivity index (χ0) is 14.7. The lowest BCUT2D eigenvalue weighted by atomic mass is 9.78. The molecule has 0 spiro atoms. The second-order valence-corrected chi connectivity index (χ2v) is 4.57. The molecule has 0 aliphatic rings. The molecule has 2 aromatic rings. The predicted octanol–water partition coefficient (Wildman–Crippen LogP) is -0.107. The van der Waals surface area contributed by atoms with E-state index in [2.05, 4.69) is 0 Å². The van der Waals surface area contributed by atoms with Gasteiger partial charge in [-0.05, 0) is 24.6 Å². The molecule has 1 heterocycles. The number of nitrogens with zero attached hydrogens (tertiary/aromatic N) is 1. The molecule has 0 saturated heterocycles. The molecule has 0 unspecified atom stereocenters. The number of ether oxygens (including phenoxy) is 1. The third-order valence-corrected chi connectivity index (χ3v) is 3.14. The van der Waals surface area contributed by atoms with Gasteiger partial charge < -0.3 is 19.4 Å². The highest BCUT2D eigenvalue weighted by Crippen LogP contribution is 2.10. The summed E-state index contributed by atoms with van der Waals surface area (Å²) in [6.07, 6.45) is 1.70. The summed E-state index contributed by atoms with van der Waals surface area (Å²) < 4.78 is 6.64. The summed E-state index contributed by atoms with van der Waals surface area (Å²) in [4.78, 5) is 12.0. The van der Waals surface area contributed by atoms with Gasteiger partial charge in [-0.3, -0.25) is 4.79 Å². The Kier molecular flexibility index (Phi) is 4.27. The van der Waals surface area contributed by atoms with Crippen LogP contribution < -0.4 is 15.8 Å². The van der Waals surface area contributed by atoms with Crippen molar-refractivity contribution in [2.45, 2.75) is 13.5 Å². The van der Waals surface area contributed by atoms with Crippen LogP contribution in [0.2, 0.25) is 0 Å². The summed E-state index contributed by atoms with van der Waals surface area (Å²) >= 11 is 0. The first-order valence-electron chi connectivity index (χ1n) is 6.22. The molecule has 1 aromatic carbocycles. The van der Waals surface area contributed by atoms with Crippen LogP contribution >= 0.6 is 0 Å². The van der Waals surface area contributed by atoms with E-state index in [1.54, 1.807) is 42.0 Å². The number of benzene rings is 1. The maximum Gasteiger partial charge on any atom is 0.492 e. The molecule has 2 rings (SSSR count). The number of hydrogen-bond donors (Lipinski definition) is 2. The van der Waals surface area contributed by atoms with E-state index < -0.39 is 7.12 Å². The summed E-state index contributed by atoms with van der Waals surface area (Å²) in [5.41, 5.74) is 1.69. The van der Waals surface area contributed by atoms with E-state index in [1.165, 1.54) is 7.11 Å². The molecule has 0 radical (unpaired) electrons. The third kappa shape index (κ3) is 2.92. The SMILES string of the molecule is COc1ccc(Cn2cccc(C)c2=O)cc1B(O)O. The molecular formula is C14H16BNO4. The van der Waals surface area contributed by atoms with Crippen molar-refractivity contribution in [1.29, 1.82) is 0 Å². The molecule has 0 aliphatic heterocycles. The lowest BCUT2D eigenvalue weighted by Gasteiger charge is -2.11. The minimum absolute atomic E-state index is 0.0607. The van der Waals surface area contributed by atoms with Crippen LogP contribution in [0.1, 0.15) is 11.1 Å². The highest BCUT2D eigenvalue weighted by Gasteiger charge is 2.17. The summed E-state index contributed by atoms with van der Waals surface area (Å²) in [6, 6.07) is 8.64. The third-order valence-electron chi connectivity index (χ3n) is 3.14. The molecular weight excluding hydrogens is 257 g/mol. The van der Waals surface area contributed by atoms with Gasteiger partial charge in [-0.2, -0.15) is 0 Å². The number of methoxy groups -OCH3 is 1. The van der Waals surface area contributed by atoms with Gasteiger partial charge >= 0.3 is 7.12 Å². The molecule has 0 fully saturated rings. The van der Waals surface area contributed by atoms with Crippen LogP contribution in [0.4, 0.5) is 0 Å². The average molecular weight is 273 g/mol. The zero-order valence-corrected chi connectivity index (χ0v) is 11.4. The van der Waals surface area contributed by atoms with E-state index in [-0.39, 0.29) is 11.0 Å². The van der Waals surface area contributed by atoms with Crippen molar-refractivity contribution in [3.8, 4) is 5.75 Å². The van der Waals surface area contributed by atoms with E-state index in [9.17, 15) is 14.8 Å². The Labute approximate surface area is 117 Å². The normalized spacial score (nSPS) is 10.4. The van der Waals surface area contributed by atoms with E-state index in [0.29, 0.717) is 17.9 Å². The summed E-state index contributed by atoms with van der Waals surface area (Å²) in [5.74, 6) is 0.403. The van der Waals surface area contributed by atoms with Gasteiger partial charge in [0.25, 0.3) is 5.56 Å². The first-order valence-corrected chi connectivity index (χ1v) is 6.22. The molecule has 0 atom stereocenters. The Bertz CT molecular complexity index is 666. The first-order chi connectivity index (χ1) is 9.52. The molecule has 1 aromatic heterocycles. The van der Waals surface area contributed by atoms with Crippen LogP contribution in [0, 0.1) is 6.92 Å². The van der Waals surface area contributed by atoms with Crippen molar-refractivity contribution in [1.82, 2.24) is 4.57 Å². The highest BCUT2D eigenvalue weighted by atomic mass is 16.5. The maximum atomic E-state index is 12.0. The van der Waals surface area contributed by atoms with Crippen molar-refractivity contribution in [3.05, 3.63) is 58.0 Å². The van der Waals surface area contributed by atoms with Crippen molar-refractivity contribution in [3.63, 3.8) is 0 Å². The van der Waals surface area contributed by atoms with Crippen molar-refractivity contribution in [2.75, 3.05) is 7.11 Å². The molecule has 0 saturated carbocycles.